The Morgan fingerprint density at radius 2 is 1.07 bits per heavy atom. The second-order valence-corrected chi connectivity index (χ2v) is 9.98. The van der Waals surface area contributed by atoms with E-state index < -0.39 is 21.0 Å². The first-order valence-electron chi connectivity index (χ1n) is 10.9. The van der Waals surface area contributed by atoms with E-state index in [1.165, 1.54) is 90.9 Å². The number of rotatable bonds is 18. The monoisotopic (exact) mass is 406 g/mol. The first-order chi connectivity index (χ1) is 12.7. The lowest BCUT2D eigenvalue weighted by Crippen LogP contribution is -2.36. The maximum atomic E-state index is 11.6. The lowest BCUT2D eigenvalue weighted by Gasteiger charge is -2.21. The standard InChI is InChI=1S/C21H42O5S/c1-4-5-6-7-8-9-10-11-12-13-14-15-16-17-18-19-20(22)26-21(2,3)27(23,24)25/h4-19H2,1-3H3,(H,23,24,25). The van der Waals surface area contributed by atoms with Crippen LogP contribution in [0.25, 0.3) is 0 Å². The Morgan fingerprint density at radius 1 is 0.741 bits per heavy atom. The lowest BCUT2D eigenvalue weighted by atomic mass is 10.0. The van der Waals surface area contributed by atoms with Crippen molar-refractivity contribution in [3.63, 3.8) is 0 Å². The molecule has 0 aromatic rings. The molecule has 0 spiro atoms. The molecule has 0 radical (unpaired) electrons. The van der Waals surface area contributed by atoms with Crippen molar-refractivity contribution in [1.29, 1.82) is 0 Å². The van der Waals surface area contributed by atoms with Crippen LogP contribution in [0.4, 0.5) is 0 Å². The molecule has 5 nitrogen and oxygen atoms in total. The van der Waals surface area contributed by atoms with E-state index >= 15 is 0 Å². The van der Waals surface area contributed by atoms with E-state index in [9.17, 15) is 13.2 Å². The Balaban J connectivity index is 3.39. The van der Waals surface area contributed by atoms with Gasteiger partial charge in [-0.15, -0.1) is 0 Å². The summed E-state index contributed by atoms with van der Waals surface area (Å²) in [5, 5.41) is 0. The Labute approximate surface area is 167 Å². The first kappa shape index (κ1) is 26.4. The summed E-state index contributed by atoms with van der Waals surface area (Å²) in [5.41, 5.74) is 0. The second-order valence-electron chi connectivity index (χ2n) is 8.05. The Kier molecular flexibility index (Phi) is 15.0. The van der Waals surface area contributed by atoms with Crippen LogP contribution in [0.5, 0.6) is 0 Å². The number of ether oxygens (including phenoxy) is 1. The molecule has 1 N–H and O–H groups in total. The van der Waals surface area contributed by atoms with Crippen LogP contribution in [0, 0.1) is 0 Å². The van der Waals surface area contributed by atoms with E-state index in [0.29, 0.717) is 6.42 Å². The van der Waals surface area contributed by atoms with Crippen LogP contribution in [-0.2, 0) is 19.6 Å². The van der Waals surface area contributed by atoms with Crippen LogP contribution in [0.15, 0.2) is 0 Å². The zero-order valence-corrected chi connectivity index (χ0v) is 18.6. The molecule has 0 aliphatic rings. The number of carbonyl (C=O) groups excluding carboxylic acids is 1. The first-order valence-corrected chi connectivity index (χ1v) is 12.3. The smallest absolute Gasteiger partial charge is 0.307 e. The third-order valence-corrected chi connectivity index (χ3v) is 6.29. The second kappa shape index (κ2) is 15.3. The molecule has 162 valence electrons. The fourth-order valence-corrected chi connectivity index (χ4v) is 3.22. The van der Waals surface area contributed by atoms with Gasteiger partial charge in [0.2, 0.25) is 4.93 Å². The molecule has 6 heteroatoms. The highest BCUT2D eigenvalue weighted by atomic mass is 32.2. The van der Waals surface area contributed by atoms with Crippen molar-refractivity contribution in [3.8, 4) is 0 Å². The molecule has 0 atom stereocenters. The van der Waals surface area contributed by atoms with Gasteiger partial charge in [0.25, 0.3) is 0 Å². The molecule has 0 saturated carbocycles. The van der Waals surface area contributed by atoms with Crippen molar-refractivity contribution in [1.82, 2.24) is 0 Å². The molecule has 0 unspecified atom stereocenters. The van der Waals surface area contributed by atoms with E-state index in [1.807, 2.05) is 0 Å². The van der Waals surface area contributed by atoms with Crippen molar-refractivity contribution >= 4 is 16.1 Å². The molecule has 0 aliphatic heterocycles. The highest BCUT2D eigenvalue weighted by Gasteiger charge is 2.36. The Bertz CT molecular complexity index is 471. The summed E-state index contributed by atoms with van der Waals surface area (Å²) < 4.78 is 36.0. The molecular formula is C21H42O5S. The Hall–Kier alpha value is -0.620. The summed E-state index contributed by atoms with van der Waals surface area (Å²) >= 11 is 0. The van der Waals surface area contributed by atoms with Gasteiger partial charge in [-0.3, -0.25) is 9.35 Å². The van der Waals surface area contributed by atoms with Crippen molar-refractivity contribution < 1.29 is 22.5 Å². The average Bonchev–Trinajstić information content (AvgIpc) is 2.57. The topological polar surface area (TPSA) is 80.7 Å². The normalized spacial score (nSPS) is 12.3. The van der Waals surface area contributed by atoms with E-state index in [-0.39, 0.29) is 6.42 Å². The molecule has 0 bridgehead atoms. The largest absolute Gasteiger partial charge is 0.441 e. The summed E-state index contributed by atoms with van der Waals surface area (Å²) in [6.45, 7) is 4.60. The summed E-state index contributed by atoms with van der Waals surface area (Å²) in [7, 11) is -4.40. The van der Waals surface area contributed by atoms with Gasteiger partial charge >= 0.3 is 16.1 Å². The summed E-state index contributed by atoms with van der Waals surface area (Å²) in [4.78, 5) is 9.77. The number of hydrogen-bond donors (Lipinski definition) is 1. The number of carbonyl (C=O) groups is 1. The van der Waals surface area contributed by atoms with Crippen LogP contribution < -0.4 is 0 Å². The van der Waals surface area contributed by atoms with Gasteiger partial charge in [0.1, 0.15) is 0 Å². The molecule has 0 rings (SSSR count). The third-order valence-electron chi connectivity index (χ3n) is 4.97. The molecule has 0 amide bonds. The van der Waals surface area contributed by atoms with Gasteiger partial charge < -0.3 is 4.74 Å². The maximum Gasteiger partial charge on any atom is 0.307 e. The molecule has 0 aromatic carbocycles. The van der Waals surface area contributed by atoms with Crippen LogP contribution in [0.3, 0.4) is 0 Å². The van der Waals surface area contributed by atoms with Gasteiger partial charge in [0.15, 0.2) is 0 Å². The Morgan fingerprint density at radius 3 is 1.41 bits per heavy atom. The van der Waals surface area contributed by atoms with Gasteiger partial charge in [0.05, 0.1) is 0 Å². The van der Waals surface area contributed by atoms with E-state index in [1.54, 1.807) is 0 Å². The van der Waals surface area contributed by atoms with Crippen molar-refractivity contribution in [2.24, 2.45) is 0 Å². The van der Waals surface area contributed by atoms with Gasteiger partial charge in [-0.2, -0.15) is 8.42 Å². The van der Waals surface area contributed by atoms with Crippen molar-refractivity contribution in [3.05, 3.63) is 0 Å². The lowest BCUT2D eigenvalue weighted by molar-refractivity contribution is -0.150. The maximum absolute atomic E-state index is 11.6. The summed E-state index contributed by atoms with van der Waals surface area (Å²) in [5.74, 6) is -0.577. The number of esters is 1. The molecule has 0 heterocycles. The van der Waals surface area contributed by atoms with Crippen LogP contribution in [0.2, 0.25) is 0 Å². The van der Waals surface area contributed by atoms with Gasteiger partial charge in [-0.25, -0.2) is 0 Å². The fraction of sp³-hybridized carbons (Fsp3) is 0.952. The molecular weight excluding hydrogens is 364 g/mol. The van der Waals surface area contributed by atoms with E-state index in [0.717, 1.165) is 12.8 Å². The molecule has 0 aromatic heterocycles. The zero-order chi connectivity index (χ0) is 20.6. The fourth-order valence-electron chi connectivity index (χ4n) is 3.02. The average molecular weight is 407 g/mol. The van der Waals surface area contributed by atoms with Gasteiger partial charge in [0, 0.05) is 6.42 Å². The number of unbranched alkanes of at least 4 members (excludes halogenated alkanes) is 14. The molecule has 0 fully saturated rings. The van der Waals surface area contributed by atoms with Crippen LogP contribution in [-0.4, -0.2) is 23.9 Å². The summed E-state index contributed by atoms with van der Waals surface area (Å²) in [6.07, 6.45) is 18.9. The zero-order valence-electron chi connectivity index (χ0n) is 17.8. The summed E-state index contributed by atoms with van der Waals surface area (Å²) in [6, 6.07) is 0. The quantitative estimate of drug-likeness (QED) is 0.161. The minimum atomic E-state index is -4.40. The SMILES string of the molecule is CCCCCCCCCCCCCCCCCC(=O)OC(C)(C)S(=O)(=O)O. The van der Waals surface area contributed by atoms with E-state index in [4.69, 9.17) is 9.29 Å². The highest BCUT2D eigenvalue weighted by Crippen LogP contribution is 2.18. The van der Waals surface area contributed by atoms with Crippen molar-refractivity contribution in [2.45, 2.75) is 128 Å². The van der Waals surface area contributed by atoms with Gasteiger partial charge in [-0.05, 0) is 20.3 Å². The van der Waals surface area contributed by atoms with Gasteiger partial charge in [-0.1, -0.05) is 96.8 Å². The minimum Gasteiger partial charge on any atom is -0.441 e. The predicted octanol–water partition coefficient (Wildman–Crippen LogP) is 6.42. The predicted molar refractivity (Wildman–Crippen MR) is 111 cm³/mol. The van der Waals surface area contributed by atoms with Crippen LogP contribution in [0.1, 0.15) is 124 Å². The van der Waals surface area contributed by atoms with E-state index in [2.05, 4.69) is 6.92 Å². The molecule has 27 heavy (non-hydrogen) atoms. The number of hydrogen-bond acceptors (Lipinski definition) is 4. The van der Waals surface area contributed by atoms with Crippen molar-refractivity contribution in [2.75, 3.05) is 0 Å². The minimum absolute atomic E-state index is 0.192. The molecule has 0 aliphatic carbocycles. The third kappa shape index (κ3) is 15.0. The molecule has 0 saturated heterocycles. The van der Waals surface area contributed by atoms with Crippen LogP contribution >= 0.6 is 0 Å². The highest BCUT2D eigenvalue weighted by molar-refractivity contribution is 7.87.